The molecule has 2 aromatic rings. The van der Waals surface area contributed by atoms with Gasteiger partial charge in [0.1, 0.15) is 0 Å². The number of hydrogen-bond donors (Lipinski definition) is 0. The SMILES string of the molecule is Cc1cc(C(=O)/C2=C/CCCCCC2)c2ccccc2n1. The van der Waals surface area contributed by atoms with Gasteiger partial charge in [-0.25, -0.2) is 0 Å². The molecule has 2 heteroatoms. The van der Waals surface area contributed by atoms with Crippen LogP contribution in [-0.2, 0) is 0 Å². The predicted octanol–water partition coefficient (Wildman–Crippen LogP) is 5.01. The van der Waals surface area contributed by atoms with Crippen molar-refractivity contribution in [3.63, 3.8) is 0 Å². The van der Waals surface area contributed by atoms with Crippen LogP contribution in [0.1, 0.15) is 54.6 Å². The average Bonchev–Trinajstić information content (AvgIpc) is 2.45. The highest BCUT2D eigenvalue weighted by molar-refractivity contribution is 6.15. The third-order valence-electron chi connectivity index (χ3n) is 4.17. The van der Waals surface area contributed by atoms with Crippen molar-refractivity contribution in [3.8, 4) is 0 Å². The van der Waals surface area contributed by atoms with Crippen molar-refractivity contribution in [3.05, 3.63) is 53.2 Å². The molecular formula is C19H21NO. The molecule has 21 heavy (non-hydrogen) atoms. The summed E-state index contributed by atoms with van der Waals surface area (Å²) in [6.45, 7) is 1.95. The van der Waals surface area contributed by atoms with Gasteiger partial charge in [-0.05, 0) is 50.3 Å². The van der Waals surface area contributed by atoms with Gasteiger partial charge in [-0.2, -0.15) is 0 Å². The van der Waals surface area contributed by atoms with E-state index in [4.69, 9.17) is 0 Å². The van der Waals surface area contributed by atoms with Crippen LogP contribution in [0.5, 0.6) is 0 Å². The molecule has 0 radical (unpaired) electrons. The van der Waals surface area contributed by atoms with E-state index in [9.17, 15) is 4.79 Å². The fourth-order valence-electron chi connectivity index (χ4n) is 3.07. The number of fused-ring (bicyclic) bond motifs is 1. The topological polar surface area (TPSA) is 30.0 Å². The summed E-state index contributed by atoms with van der Waals surface area (Å²) in [5, 5.41) is 0.969. The van der Waals surface area contributed by atoms with E-state index in [0.717, 1.165) is 47.0 Å². The number of carbonyl (C=O) groups is 1. The molecule has 1 aromatic carbocycles. The number of hydrogen-bond acceptors (Lipinski definition) is 2. The summed E-state index contributed by atoms with van der Waals surface area (Å²) >= 11 is 0. The van der Waals surface area contributed by atoms with Gasteiger partial charge in [-0.3, -0.25) is 9.78 Å². The van der Waals surface area contributed by atoms with Gasteiger partial charge in [0.05, 0.1) is 5.52 Å². The van der Waals surface area contributed by atoms with Crippen molar-refractivity contribution in [2.24, 2.45) is 0 Å². The molecule has 0 unspecified atom stereocenters. The van der Waals surface area contributed by atoms with Gasteiger partial charge in [-0.15, -0.1) is 0 Å². The van der Waals surface area contributed by atoms with Crippen LogP contribution < -0.4 is 0 Å². The molecule has 0 fully saturated rings. The third kappa shape index (κ3) is 3.05. The van der Waals surface area contributed by atoms with E-state index in [1.807, 2.05) is 37.3 Å². The molecule has 1 aromatic heterocycles. The Bertz CT molecular complexity index is 700. The summed E-state index contributed by atoms with van der Waals surface area (Å²) in [4.78, 5) is 17.5. The number of benzene rings is 1. The predicted molar refractivity (Wildman–Crippen MR) is 86.6 cm³/mol. The maximum atomic E-state index is 12.9. The van der Waals surface area contributed by atoms with Crippen LogP contribution >= 0.6 is 0 Å². The van der Waals surface area contributed by atoms with E-state index in [1.54, 1.807) is 0 Å². The van der Waals surface area contributed by atoms with Crippen molar-refractivity contribution in [2.45, 2.75) is 45.4 Å². The van der Waals surface area contributed by atoms with Gasteiger partial charge < -0.3 is 0 Å². The normalized spacial score (nSPS) is 18.6. The van der Waals surface area contributed by atoms with Crippen LogP contribution in [0.15, 0.2) is 42.0 Å². The quantitative estimate of drug-likeness (QED) is 0.723. The van der Waals surface area contributed by atoms with Crippen LogP contribution in [-0.4, -0.2) is 10.8 Å². The molecule has 3 rings (SSSR count). The summed E-state index contributed by atoms with van der Waals surface area (Å²) in [6, 6.07) is 9.86. The molecule has 0 amide bonds. The highest BCUT2D eigenvalue weighted by Crippen LogP contribution is 2.25. The maximum absolute atomic E-state index is 12.9. The Balaban J connectivity index is 2.04. The van der Waals surface area contributed by atoms with Gasteiger partial charge >= 0.3 is 0 Å². The zero-order chi connectivity index (χ0) is 14.7. The Morgan fingerprint density at radius 3 is 2.81 bits per heavy atom. The van der Waals surface area contributed by atoms with Gasteiger partial charge in [0, 0.05) is 16.6 Å². The van der Waals surface area contributed by atoms with E-state index in [1.165, 1.54) is 19.3 Å². The van der Waals surface area contributed by atoms with E-state index in [2.05, 4.69) is 11.1 Å². The van der Waals surface area contributed by atoms with E-state index in [-0.39, 0.29) is 5.78 Å². The second-order valence-electron chi connectivity index (χ2n) is 5.84. The Hall–Kier alpha value is -1.96. The first kappa shape index (κ1) is 14.0. The van der Waals surface area contributed by atoms with Gasteiger partial charge in [0.2, 0.25) is 0 Å². The molecule has 2 nitrogen and oxygen atoms in total. The molecule has 0 saturated carbocycles. The van der Waals surface area contributed by atoms with E-state index in [0.29, 0.717) is 0 Å². The summed E-state index contributed by atoms with van der Waals surface area (Å²) in [6.07, 6.45) is 8.95. The van der Waals surface area contributed by atoms with Crippen LogP contribution in [0.2, 0.25) is 0 Å². The zero-order valence-corrected chi connectivity index (χ0v) is 12.6. The fraction of sp³-hybridized carbons (Fsp3) is 0.368. The second kappa shape index (κ2) is 6.21. The Morgan fingerprint density at radius 2 is 1.90 bits per heavy atom. The minimum Gasteiger partial charge on any atom is -0.289 e. The number of aromatic nitrogens is 1. The minimum atomic E-state index is 0.193. The smallest absolute Gasteiger partial charge is 0.189 e. The number of nitrogens with zero attached hydrogens (tertiary/aromatic N) is 1. The van der Waals surface area contributed by atoms with Gasteiger partial charge in [0.25, 0.3) is 0 Å². The molecule has 1 aliphatic carbocycles. The fourth-order valence-corrected chi connectivity index (χ4v) is 3.07. The highest BCUT2D eigenvalue weighted by atomic mass is 16.1. The van der Waals surface area contributed by atoms with Gasteiger partial charge in [-0.1, -0.05) is 37.1 Å². The largest absolute Gasteiger partial charge is 0.289 e. The lowest BCUT2D eigenvalue weighted by molar-refractivity contribution is 0.103. The van der Waals surface area contributed by atoms with Gasteiger partial charge in [0.15, 0.2) is 5.78 Å². The summed E-state index contributed by atoms with van der Waals surface area (Å²) in [5.74, 6) is 0.193. The van der Waals surface area contributed by atoms with Crippen molar-refractivity contribution in [2.75, 3.05) is 0 Å². The lowest BCUT2D eigenvalue weighted by Gasteiger charge is -2.12. The molecule has 0 aliphatic heterocycles. The van der Waals surface area contributed by atoms with Crippen molar-refractivity contribution in [1.82, 2.24) is 4.98 Å². The number of ketones is 1. The molecule has 0 atom stereocenters. The number of allylic oxidation sites excluding steroid dienone is 2. The summed E-state index contributed by atoms with van der Waals surface area (Å²) in [5.41, 5.74) is 3.62. The Kier molecular flexibility index (Phi) is 4.14. The minimum absolute atomic E-state index is 0.193. The number of carbonyl (C=O) groups excluding carboxylic acids is 1. The van der Waals surface area contributed by atoms with Crippen LogP contribution in [0.3, 0.4) is 0 Å². The molecular weight excluding hydrogens is 258 g/mol. The first-order valence-corrected chi connectivity index (χ1v) is 7.86. The standard InChI is InChI=1S/C19H21NO/c1-14-13-17(16-11-7-8-12-18(16)20-14)19(21)15-9-5-3-2-4-6-10-15/h7-9,11-13H,2-6,10H2,1H3/b15-9+. The number of Topliss-reactive ketones (excluding diaryl/α,β-unsaturated/α-hetero) is 1. The van der Waals surface area contributed by atoms with E-state index < -0.39 is 0 Å². The lowest BCUT2D eigenvalue weighted by Crippen LogP contribution is -2.07. The van der Waals surface area contributed by atoms with Crippen molar-refractivity contribution in [1.29, 1.82) is 0 Å². The molecule has 1 heterocycles. The molecule has 0 N–H and O–H groups in total. The summed E-state index contributed by atoms with van der Waals surface area (Å²) < 4.78 is 0. The first-order chi connectivity index (χ1) is 10.3. The third-order valence-corrected chi connectivity index (χ3v) is 4.17. The molecule has 0 spiro atoms. The highest BCUT2D eigenvalue weighted by Gasteiger charge is 2.16. The van der Waals surface area contributed by atoms with Crippen LogP contribution in [0, 0.1) is 6.92 Å². The maximum Gasteiger partial charge on any atom is 0.189 e. The number of para-hydroxylation sites is 1. The van der Waals surface area contributed by atoms with Crippen molar-refractivity contribution >= 4 is 16.7 Å². The van der Waals surface area contributed by atoms with Crippen LogP contribution in [0.4, 0.5) is 0 Å². The first-order valence-electron chi connectivity index (χ1n) is 7.86. The summed E-state index contributed by atoms with van der Waals surface area (Å²) in [7, 11) is 0. The lowest BCUT2D eigenvalue weighted by atomic mass is 9.92. The molecule has 108 valence electrons. The van der Waals surface area contributed by atoms with Crippen LogP contribution in [0.25, 0.3) is 10.9 Å². The second-order valence-corrected chi connectivity index (χ2v) is 5.84. The monoisotopic (exact) mass is 279 g/mol. The van der Waals surface area contributed by atoms with Crippen molar-refractivity contribution < 1.29 is 4.79 Å². The molecule has 0 saturated heterocycles. The zero-order valence-electron chi connectivity index (χ0n) is 12.6. The Morgan fingerprint density at radius 1 is 1.10 bits per heavy atom. The molecule has 1 aliphatic rings. The Labute approximate surface area is 125 Å². The number of aryl methyl sites for hydroxylation is 1. The number of rotatable bonds is 2. The number of pyridine rings is 1. The van der Waals surface area contributed by atoms with E-state index >= 15 is 0 Å². The average molecular weight is 279 g/mol. The molecule has 0 bridgehead atoms.